The maximum absolute atomic E-state index is 13.3. The zero-order valence-corrected chi connectivity index (χ0v) is 19.9. The van der Waals surface area contributed by atoms with Crippen molar-refractivity contribution in [3.63, 3.8) is 0 Å². The zero-order valence-electron chi connectivity index (χ0n) is 19.1. The molecule has 2 atom stereocenters. The van der Waals surface area contributed by atoms with Gasteiger partial charge in [-0.2, -0.15) is 4.72 Å². The topological polar surface area (TPSA) is 93.7 Å². The summed E-state index contributed by atoms with van der Waals surface area (Å²) in [6.07, 6.45) is 0.131. The molecule has 0 aliphatic carbocycles. The summed E-state index contributed by atoms with van der Waals surface area (Å²) in [5.41, 5.74) is 1.54. The predicted molar refractivity (Wildman–Crippen MR) is 127 cm³/mol. The van der Waals surface area contributed by atoms with E-state index >= 15 is 0 Å². The number of halogens is 1. The first-order valence-electron chi connectivity index (χ1n) is 10.6. The fraction of sp³-hybridized carbons (Fsp3) is 0.240. The Hall–Kier alpha value is -3.43. The van der Waals surface area contributed by atoms with Gasteiger partial charge in [-0.15, -0.1) is 0 Å². The Morgan fingerprint density at radius 1 is 0.941 bits per heavy atom. The Labute approximate surface area is 199 Å². The molecular formula is C25H27FN2O5S. The van der Waals surface area contributed by atoms with E-state index in [-0.39, 0.29) is 11.3 Å². The van der Waals surface area contributed by atoms with Crippen molar-refractivity contribution in [1.82, 2.24) is 10.0 Å². The molecule has 1 amide bonds. The van der Waals surface area contributed by atoms with E-state index in [1.54, 1.807) is 25.1 Å². The first-order chi connectivity index (χ1) is 16.2. The van der Waals surface area contributed by atoms with E-state index in [0.717, 1.165) is 35.4 Å². The molecule has 7 nitrogen and oxygen atoms in total. The molecule has 0 fully saturated rings. The standard InChI is InChI=1S/C25H27FN2O5S/c1-17(19-9-14-23(32-2)24(16-19)33-3)27-25(29)22(15-18-7-5-4-6-8-18)28-34(30,31)21-12-10-20(26)11-13-21/h4-14,16-17,22,28H,15H2,1-3H3,(H,27,29)/t17-,22+/m1/s1. The molecule has 0 aliphatic heterocycles. The number of rotatable bonds is 10. The second-order valence-corrected chi connectivity index (χ2v) is 9.38. The SMILES string of the molecule is COc1ccc([C@@H](C)NC(=O)[C@H](Cc2ccccc2)NS(=O)(=O)c2ccc(F)cc2)cc1OC. The lowest BCUT2D eigenvalue weighted by molar-refractivity contribution is -0.123. The van der Waals surface area contributed by atoms with Gasteiger partial charge in [0.2, 0.25) is 15.9 Å². The molecule has 180 valence electrons. The number of methoxy groups -OCH3 is 2. The molecule has 0 saturated heterocycles. The van der Waals surface area contributed by atoms with Crippen molar-refractivity contribution < 1.29 is 27.1 Å². The highest BCUT2D eigenvalue weighted by Gasteiger charge is 2.27. The molecule has 9 heteroatoms. The van der Waals surface area contributed by atoms with Crippen LogP contribution < -0.4 is 19.5 Å². The molecule has 0 radical (unpaired) electrons. The Morgan fingerprint density at radius 2 is 1.59 bits per heavy atom. The number of carbonyl (C=O) groups is 1. The van der Waals surface area contributed by atoms with Gasteiger partial charge in [0.15, 0.2) is 11.5 Å². The summed E-state index contributed by atoms with van der Waals surface area (Å²) < 4.78 is 52.1. The van der Waals surface area contributed by atoms with Crippen molar-refractivity contribution in [2.24, 2.45) is 0 Å². The van der Waals surface area contributed by atoms with E-state index in [4.69, 9.17) is 9.47 Å². The molecule has 0 saturated carbocycles. The Morgan fingerprint density at radius 3 is 2.21 bits per heavy atom. The van der Waals surface area contributed by atoms with Crippen molar-refractivity contribution in [2.75, 3.05) is 14.2 Å². The van der Waals surface area contributed by atoms with Gasteiger partial charge < -0.3 is 14.8 Å². The van der Waals surface area contributed by atoms with E-state index in [1.165, 1.54) is 14.2 Å². The first kappa shape index (κ1) is 25.2. The molecule has 3 aromatic rings. The summed E-state index contributed by atoms with van der Waals surface area (Å²) in [6.45, 7) is 1.78. The van der Waals surface area contributed by atoms with Crippen LogP contribution in [-0.2, 0) is 21.2 Å². The van der Waals surface area contributed by atoms with Crippen LogP contribution in [0.5, 0.6) is 11.5 Å². The fourth-order valence-corrected chi connectivity index (χ4v) is 4.62. The van der Waals surface area contributed by atoms with Crippen molar-refractivity contribution >= 4 is 15.9 Å². The van der Waals surface area contributed by atoms with Crippen LogP contribution in [0.4, 0.5) is 4.39 Å². The summed E-state index contributed by atoms with van der Waals surface area (Å²) in [5, 5.41) is 2.87. The van der Waals surface area contributed by atoms with Crippen LogP contribution in [0.25, 0.3) is 0 Å². The number of carbonyl (C=O) groups excluding carboxylic acids is 1. The maximum atomic E-state index is 13.3. The third-order valence-electron chi connectivity index (χ3n) is 5.29. The largest absolute Gasteiger partial charge is 0.493 e. The van der Waals surface area contributed by atoms with Crippen molar-refractivity contribution in [2.45, 2.75) is 30.3 Å². The summed E-state index contributed by atoms with van der Waals surface area (Å²) in [5.74, 6) is 0.0100. The number of amides is 1. The monoisotopic (exact) mass is 486 g/mol. The minimum Gasteiger partial charge on any atom is -0.493 e. The molecule has 0 bridgehead atoms. The van der Waals surface area contributed by atoms with Crippen LogP contribution in [0, 0.1) is 5.82 Å². The van der Waals surface area contributed by atoms with E-state index in [0.29, 0.717) is 11.5 Å². The lowest BCUT2D eigenvalue weighted by Gasteiger charge is -2.22. The van der Waals surface area contributed by atoms with Gasteiger partial charge in [0.25, 0.3) is 0 Å². The minimum absolute atomic E-state index is 0.131. The fourth-order valence-electron chi connectivity index (χ4n) is 3.43. The summed E-state index contributed by atoms with van der Waals surface area (Å²) in [4.78, 5) is 13.1. The van der Waals surface area contributed by atoms with E-state index in [9.17, 15) is 17.6 Å². The Kier molecular flexibility index (Phi) is 8.25. The van der Waals surface area contributed by atoms with Gasteiger partial charge >= 0.3 is 0 Å². The Bertz CT molecular complexity index is 1220. The molecule has 0 unspecified atom stereocenters. The highest BCUT2D eigenvalue weighted by molar-refractivity contribution is 7.89. The molecule has 0 aliphatic rings. The smallest absolute Gasteiger partial charge is 0.241 e. The van der Waals surface area contributed by atoms with Crippen molar-refractivity contribution in [3.05, 3.63) is 89.7 Å². The van der Waals surface area contributed by atoms with Crippen molar-refractivity contribution in [1.29, 1.82) is 0 Å². The Balaban J connectivity index is 1.83. The molecule has 0 aromatic heterocycles. The van der Waals surface area contributed by atoms with Gasteiger partial charge in [0.1, 0.15) is 11.9 Å². The molecule has 3 rings (SSSR count). The third-order valence-corrected chi connectivity index (χ3v) is 6.77. The maximum Gasteiger partial charge on any atom is 0.241 e. The average molecular weight is 487 g/mol. The summed E-state index contributed by atoms with van der Waals surface area (Å²) in [6, 6.07) is 17.2. The normalized spacial score (nSPS) is 13.1. The zero-order chi connectivity index (χ0) is 24.7. The number of nitrogens with one attached hydrogen (secondary N) is 2. The van der Waals surface area contributed by atoms with Crippen LogP contribution in [-0.4, -0.2) is 34.6 Å². The number of hydrogen-bond donors (Lipinski definition) is 2. The summed E-state index contributed by atoms with van der Waals surface area (Å²) >= 11 is 0. The van der Waals surface area contributed by atoms with Gasteiger partial charge in [0.05, 0.1) is 25.2 Å². The lowest BCUT2D eigenvalue weighted by atomic mass is 10.0. The lowest BCUT2D eigenvalue weighted by Crippen LogP contribution is -2.48. The van der Waals surface area contributed by atoms with E-state index in [2.05, 4.69) is 10.0 Å². The molecule has 2 N–H and O–H groups in total. The molecule has 0 spiro atoms. The first-order valence-corrected chi connectivity index (χ1v) is 12.1. The number of hydrogen-bond acceptors (Lipinski definition) is 5. The quantitative estimate of drug-likeness (QED) is 0.457. The van der Waals surface area contributed by atoms with Gasteiger partial charge in [-0.3, -0.25) is 4.79 Å². The molecule has 34 heavy (non-hydrogen) atoms. The number of benzene rings is 3. The van der Waals surface area contributed by atoms with Crippen LogP contribution in [0.2, 0.25) is 0 Å². The van der Waals surface area contributed by atoms with Gasteiger partial charge in [-0.05, 0) is 60.9 Å². The predicted octanol–water partition coefficient (Wildman–Crippen LogP) is 3.61. The third kappa shape index (κ3) is 6.33. The average Bonchev–Trinajstić information content (AvgIpc) is 2.83. The number of sulfonamides is 1. The highest BCUT2D eigenvalue weighted by Crippen LogP contribution is 2.30. The van der Waals surface area contributed by atoms with Crippen LogP contribution >= 0.6 is 0 Å². The summed E-state index contributed by atoms with van der Waals surface area (Å²) in [7, 11) is -1.02. The van der Waals surface area contributed by atoms with Crippen LogP contribution in [0.1, 0.15) is 24.1 Å². The minimum atomic E-state index is -4.08. The van der Waals surface area contributed by atoms with E-state index < -0.39 is 33.8 Å². The van der Waals surface area contributed by atoms with Crippen molar-refractivity contribution in [3.8, 4) is 11.5 Å². The second-order valence-electron chi connectivity index (χ2n) is 7.66. The van der Waals surface area contributed by atoms with Crippen LogP contribution in [0.3, 0.4) is 0 Å². The molecule has 3 aromatic carbocycles. The second kappa shape index (κ2) is 11.1. The molecule has 0 heterocycles. The highest BCUT2D eigenvalue weighted by atomic mass is 32.2. The number of ether oxygens (including phenoxy) is 2. The van der Waals surface area contributed by atoms with Gasteiger partial charge in [0, 0.05) is 0 Å². The van der Waals surface area contributed by atoms with E-state index in [1.807, 2.05) is 30.3 Å². The molecular weight excluding hydrogens is 459 g/mol. The van der Waals surface area contributed by atoms with Crippen LogP contribution in [0.15, 0.2) is 77.7 Å². The van der Waals surface area contributed by atoms with Gasteiger partial charge in [-0.1, -0.05) is 36.4 Å². The van der Waals surface area contributed by atoms with Gasteiger partial charge in [-0.25, -0.2) is 12.8 Å².